The highest BCUT2D eigenvalue weighted by Crippen LogP contribution is 2.43. The number of hydrogen-bond acceptors (Lipinski definition) is 8. The highest BCUT2D eigenvalue weighted by Gasteiger charge is 2.60. The summed E-state index contributed by atoms with van der Waals surface area (Å²) in [5.41, 5.74) is -2.05. The first-order valence-electron chi connectivity index (χ1n) is 13.8. The molecular formula is C30H41N3O7Si. The lowest BCUT2D eigenvalue weighted by atomic mass is 10.1. The first-order chi connectivity index (χ1) is 19.4. The highest BCUT2D eigenvalue weighted by molar-refractivity contribution is 7.05. The quantitative estimate of drug-likeness (QED) is 0.183. The first kappa shape index (κ1) is 31.0. The standard InChI is InChI=1S/C30H41N3O7Si/c1-20-19-33(29(37)31-26(20)35)27-24(38-17-18-39-32(5)6)23(34)25(40-27)28(36)41(30(2,3)4,21-13-9-7-10-14-21)22-15-11-8-12-16-22/h7-16,19,23-25,27-28,34,36H,17-18H2,1-6H3,(H,31,35,37)/t23-,24+,25-,27+,28?/m0/s1. The molecule has 222 valence electrons. The van der Waals surface area contributed by atoms with E-state index < -0.39 is 54.6 Å². The molecule has 0 spiro atoms. The van der Waals surface area contributed by atoms with Gasteiger partial charge in [0.25, 0.3) is 5.56 Å². The van der Waals surface area contributed by atoms with Gasteiger partial charge in [0, 0.05) is 25.9 Å². The topological polar surface area (TPSA) is 126 Å². The van der Waals surface area contributed by atoms with Crippen molar-refractivity contribution >= 4 is 18.4 Å². The Balaban J connectivity index is 1.83. The van der Waals surface area contributed by atoms with E-state index in [1.54, 1.807) is 21.0 Å². The lowest BCUT2D eigenvalue weighted by Gasteiger charge is -2.48. The summed E-state index contributed by atoms with van der Waals surface area (Å²) in [5, 5.41) is 27.4. The minimum Gasteiger partial charge on any atom is -0.393 e. The SMILES string of the molecule is Cc1cn([C@@H]2O[C@H](C(O)[Si](c3ccccc3)(c3ccccc3)C(C)(C)C)[C@@H](O)[C@H]2OCCON(C)C)c(=O)[nH]c1=O. The summed E-state index contributed by atoms with van der Waals surface area (Å²) < 4.78 is 13.7. The van der Waals surface area contributed by atoms with Crippen molar-refractivity contribution in [2.24, 2.45) is 0 Å². The van der Waals surface area contributed by atoms with Gasteiger partial charge < -0.3 is 19.7 Å². The van der Waals surface area contributed by atoms with Gasteiger partial charge in [0.1, 0.15) is 18.3 Å². The number of ether oxygens (including phenoxy) is 2. The van der Waals surface area contributed by atoms with E-state index in [2.05, 4.69) is 25.8 Å². The number of nitrogens with zero attached hydrogens (tertiary/aromatic N) is 2. The molecule has 1 unspecified atom stereocenters. The van der Waals surface area contributed by atoms with Gasteiger partial charge in [-0.1, -0.05) is 91.8 Å². The lowest BCUT2D eigenvalue weighted by Crippen LogP contribution is -2.75. The van der Waals surface area contributed by atoms with Crippen LogP contribution in [0, 0.1) is 6.92 Å². The Kier molecular flexibility index (Phi) is 9.49. The number of hydrogen-bond donors (Lipinski definition) is 3. The number of aryl methyl sites for hydroxylation is 1. The molecule has 0 amide bonds. The second-order valence-electron chi connectivity index (χ2n) is 11.7. The molecule has 5 atom stereocenters. The van der Waals surface area contributed by atoms with E-state index in [4.69, 9.17) is 14.3 Å². The third-order valence-electron chi connectivity index (χ3n) is 7.81. The van der Waals surface area contributed by atoms with Crippen LogP contribution in [0.3, 0.4) is 0 Å². The van der Waals surface area contributed by atoms with Crippen molar-refractivity contribution in [3.05, 3.63) is 93.3 Å². The molecule has 2 aromatic carbocycles. The van der Waals surface area contributed by atoms with Gasteiger partial charge in [-0.15, -0.1) is 0 Å². The third kappa shape index (κ3) is 6.02. The molecule has 0 radical (unpaired) electrons. The van der Waals surface area contributed by atoms with Gasteiger partial charge in [-0.2, -0.15) is 5.06 Å². The predicted octanol–water partition coefficient (Wildman–Crippen LogP) is 0.945. The lowest BCUT2D eigenvalue weighted by molar-refractivity contribution is -0.151. The fourth-order valence-electron chi connectivity index (χ4n) is 5.99. The van der Waals surface area contributed by atoms with Crippen molar-refractivity contribution in [2.45, 2.75) is 63.0 Å². The maximum absolute atomic E-state index is 12.9. The normalized spacial score (nSPS) is 22.3. The molecule has 1 saturated heterocycles. The molecule has 11 heteroatoms. The predicted molar refractivity (Wildman–Crippen MR) is 159 cm³/mol. The van der Waals surface area contributed by atoms with Gasteiger partial charge in [0.15, 0.2) is 14.3 Å². The van der Waals surface area contributed by atoms with E-state index in [9.17, 15) is 19.8 Å². The smallest absolute Gasteiger partial charge is 0.330 e. The average Bonchev–Trinajstić information content (AvgIpc) is 3.25. The van der Waals surface area contributed by atoms with Crippen LogP contribution in [0.25, 0.3) is 0 Å². The number of aromatic amines is 1. The molecule has 3 N–H and O–H groups in total. The summed E-state index contributed by atoms with van der Waals surface area (Å²) in [6.45, 7) is 8.18. The number of aliphatic hydroxyl groups is 2. The molecule has 1 aromatic heterocycles. The van der Waals surface area contributed by atoms with Crippen LogP contribution in [0.15, 0.2) is 76.4 Å². The first-order valence-corrected chi connectivity index (χ1v) is 15.8. The molecule has 0 aliphatic carbocycles. The Morgan fingerprint density at radius 2 is 1.59 bits per heavy atom. The van der Waals surface area contributed by atoms with Crippen molar-refractivity contribution in [3.8, 4) is 0 Å². The summed E-state index contributed by atoms with van der Waals surface area (Å²) in [5.74, 6) is 0. The number of benzene rings is 2. The van der Waals surface area contributed by atoms with Gasteiger partial charge in [0.05, 0.1) is 18.9 Å². The third-order valence-corrected chi connectivity index (χ3v) is 13.9. The largest absolute Gasteiger partial charge is 0.393 e. The zero-order chi connectivity index (χ0) is 29.9. The van der Waals surface area contributed by atoms with Crippen LogP contribution in [0.2, 0.25) is 5.04 Å². The Morgan fingerprint density at radius 1 is 1.02 bits per heavy atom. The molecular weight excluding hydrogens is 542 g/mol. The Bertz CT molecular complexity index is 1370. The minimum absolute atomic E-state index is 0.0961. The summed E-state index contributed by atoms with van der Waals surface area (Å²) in [6.07, 6.45) is -3.14. The molecule has 0 saturated carbocycles. The van der Waals surface area contributed by atoms with Crippen LogP contribution in [0.4, 0.5) is 0 Å². The molecule has 41 heavy (non-hydrogen) atoms. The van der Waals surface area contributed by atoms with Crippen LogP contribution < -0.4 is 21.6 Å². The van der Waals surface area contributed by atoms with Crippen LogP contribution in [-0.4, -0.2) is 84.2 Å². The Labute approximate surface area is 241 Å². The second-order valence-corrected chi connectivity index (χ2v) is 16.5. The number of H-pyrrole nitrogens is 1. The minimum atomic E-state index is -3.17. The Hall–Kier alpha value is -2.90. The van der Waals surface area contributed by atoms with E-state index in [1.807, 2.05) is 60.7 Å². The fourth-order valence-corrected chi connectivity index (χ4v) is 11.8. The van der Waals surface area contributed by atoms with Gasteiger partial charge >= 0.3 is 5.69 Å². The molecule has 1 aliphatic rings. The number of aromatic nitrogens is 2. The van der Waals surface area contributed by atoms with Crippen LogP contribution in [-0.2, 0) is 14.3 Å². The summed E-state index contributed by atoms with van der Waals surface area (Å²) in [7, 11) is 0.323. The zero-order valence-electron chi connectivity index (χ0n) is 24.5. The van der Waals surface area contributed by atoms with E-state index in [0.717, 1.165) is 10.4 Å². The molecule has 0 bridgehead atoms. The molecule has 4 rings (SSSR count). The number of hydroxylamine groups is 2. The average molecular weight is 584 g/mol. The van der Waals surface area contributed by atoms with Crippen LogP contribution in [0.1, 0.15) is 32.6 Å². The van der Waals surface area contributed by atoms with Gasteiger partial charge in [-0.3, -0.25) is 19.2 Å². The molecule has 3 aromatic rings. The zero-order valence-corrected chi connectivity index (χ0v) is 25.5. The van der Waals surface area contributed by atoms with E-state index >= 15 is 0 Å². The number of rotatable bonds is 10. The van der Waals surface area contributed by atoms with Crippen LogP contribution >= 0.6 is 0 Å². The van der Waals surface area contributed by atoms with Crippen molar-refractivity contribution in [2.75, 3.05) is 27.3 Å². The number of aliphatic hydroxyl groups excluding tert-OH is 2. The number of nitrogens with one attached hydrogen (secondary N) is 1. The molecule has 2 heterocycles. The van der Waals surface area contributed by atoms with E-state index in [1.165, 1.54) is 15.8 Å². The summed E-state index contributed by atoms with van der Waals surface area (Å²) in [4.78, 5) is 32.8. The summed E-state index contributed by atoms with van der Waals surface area (Å²) >= 11 is 0. The maximum Gasteiger partial charge on any atom is 0.330 e. The molecule has 1 aliphatic heterocycles. The molecule has 1 fully saturated rings. The highest BCUT2D eigenvalue weighted by atomic mass is 28.3. The van der Waals surface area contributed by atoms with Crippen LogP contribution in [0.5, 0.6) is 0 Å². The van der Waals surface area contributed by atoms with Crippen molar-refractivity contribution in [1.82, 2.24) is 14.6 Å². The fraction of sp³-hybridized carbons (Fsp3) is 0.467. The van der Waals surface area contributed by atoms with Crippen molar-refractivity contribution in [3.63, 3.8) is 0 Å². The summed E-state index contributed by atoms with van der Waals surface area (Å²) in [6, 6.07) is 19.8. The van der Waals surface area contributed by atoms with E-state index in [-0.39, 0.29) is 13.2 Å². The van der Waals surface area contributed by atoms with Gasteiger partial charge in [-0.05, 0) is 12.0 Å². The van der Waals surface area contributed by atoms with Crippen molar-refractivity contribution < 1.29 is 24.5 Å². The maximum atomic E-state index is 12.9. The molecule has 10 nitrogen and oxygen atoms in total. The van der Waals surface area contributed by atoms with Crippen molar-refractivity contribution in [1.29, 1.82) is 0 Å². The Morgan fingerprint density at radius 3 is 2.10 bits per heavy atom. The van der Waals surface area contributed by atoms with Gasteiger partial charge in [0.2, 0.25) is 0 Å². The monoisotopic (exact) mass is 583 g/mol. The van der Waals surface area contributed by atoms with E-state index in [0.29, 0.717) is 5.56 Å². The second kappa shape index (κ2) is 12.5. The van der Waals surface area contributed by atoms with Gasteiger partial charge in [-0.25, -0.2) is 4.79 Å².